The molecule has 0 saturated heterocycles. The van der Waals surface area contributed by atoms with E-state index in [2.05, 4.69) is 5.32 Å². The second-order valence-corrected chi connectivity index (χ2v) is 3.74. The molecular weight excluding hydrogens is 232 g/mol. The van der Waals surface area contributed by atoms with Crippen LogP contribution < -0.4 is 10.8 Å². The Morgan fingerprint density at radius 2 is 2.06 bits per heavy atom. The molecule has 0 saturated carbocycles. The van der Waals surface area contributed by atoms with Gasteiger partial charge < -0.3 is 25.6 Å². The highest BCUT2D eigenvalue weighted by atomic mass is 35.5. The highest BCUT2D eigenvalue weighted by Crippen LogP contribution is 2.19. The maximum Gasteiger partial charge on any atom is 0.488 e. The van der Waals surface area contributed by atoms with Crippen LogP contribution in [0.5, 0.6) is 0 Å². The molecule has 0 fully saturated rings. The number of benzene rings is 1. The van der Waals surface area contributed by atoms with Gasteiger partial charge in [-0.1, -0.05) is 17.7 Å². The number of aliphatic hydroxyl groups excluding tert-OH is 2. The van der Waals surface area contributed by atoms with Gasteiger partial charge in [-0.3, -0.25) is 0 Å². The molecule has 0 aromatic heterocycles. The normalized spacial score (nSPS) is 12.3. The summed E-state index contributed by atoms with van der Waals surface area (Å²) in [5, 5.41) is 38.9. The fraction of sp³-hybridized carbons (Fsp3) is 0.333. The number of nitrogens with one attached hydrogen (secondary N) is 1. The van der Waals surface area contributed by atoms with Gasteiger partial charge in [-0.25, -0.2) is 0 Å². The summed E-state index contributed by atoms with van der Waals surface area (Å²) in [6.07, 6.45) is -0.890. The van der Waals surface area contributed by atoms with Gasteiger partial charge >= 0.3 is 7.12 Å². The van der Waals surface area contributed by atoms with Gasteiger partial charge in [0.15, 0.2) is 0 Å². The Morgan fingerprint density at radius 1 is 1.38 bits per heavy atom. The van der Waals surface area contributed by atoms with E-state index in [0.717, 1.165) is 0 Å². The first-order valence-corrected chi connectivity index (χ1v) is 5.10. The van der Waals surface area contributed by atoms with Crippen molar-refractivity contribution in [3.05, 3.63) is 23.2 Å². The standard InChI is InChI=1S/C9H13BClNO4/c11-8-2-1-6(10(15)16)3-9(8)12-4-7(14)5-13/h1-3,7,12-16H,4-5H2. The molecule has 1 rings (SSSR count). The van der Waals surface area contributed by atoms with E-state index in [1.165, 1.54) is 18.2 Å². The topological polar surface area (TPSA) is 93.0 Å². The van der Waals surface area contributed by atoms with Gasteiger partial charge in [0.05, 0.1) is 23.4 Å². The van der Waals surface area contributed by atoms with Crippen LogP contribution in [0.15, 0.2) is 18.2 Å². The lowest BCUT2D eigenvalue weighted by atomic mass is 9.80. The number of hydrogen-bond donors (Lipinski definition) is 5. The van der Waals surface area contributed by atoms with E-state index in [1.807, 2.05) is 0 Å². The van der Waals surface area contributed by atoms with Crippen molar-refractivity contribution >= 4 is 29.9 Å². The molecule has 5 N–H and O–H groups in total. The molecule has 1 aromatic rings. The monoisotopic (exact) mass is 245 g/mol. The lowest BCUT2D eigenvalue weighted by molar-refractivity contribution is 0.105. The second-order valence-electron chi connectivity index (χ2n) is 3.33. The van der Waals surface area contributed by atoms with E-state index < -0.39 is 13.2 Å². The minimum absolute atomic E-state index is 0.126. The van der Waals surface area contributed by atoms with Gasteiger partial charge in [0.25, 0.3) is 0 Å². The zero-order chi connectivity index (χ0) is 12.1. The molecule has 5 nitrogen and oxygen atoms in total. The highest BCUT2D eigenvalue weighted by molar-refractivity contribution is 6.58. The van der Waals surface area contributed by atoms with Crippen LogP contribution in [0.25, 0.3) is 0 Å². The summed E-state index contributed by atoms with van der Waals surface area (Å²) in [4.78, 5) is 0. The highest BCUT2D eigenvalue weighted by Gasteiger charge is 2.13. The van der Waals surface area contributed by atoms with E-state index in [4.69, 9.17) is 31.9 Å². The first-order chi connectivity index (χ1) is 7.54. The van der Waals surface area contributed by atoms with Crippen molar-refractivity contribution in [3.8, 4) is 0 Å². The van der Waals surface area contributed by atoms with Gasteiger partial charge in [-0.15, -0.1) is 0 Å². The van der Waals surface area contributed by atoms with Crippen LogP contribution in [0.1, 0.15) is 0 Å². The summed E-state index contributed by atoms with van der Waals surface area (Å²) in [5.41, 5.74) is 0.769. The number of rotatable bonds is 5. The van der Waals surface area contributed by atoms with Crippen LogP contribution in [-0.2, 0) is 0 Å². The molecule has 0 bridgehead atoms. The summed E-state index contributed by atoms with van der Waals surface area (Å²) in [5.74, 6) is 0. The Hall–Kier alpha value is -0.785. The Labute approximate surface area is 98.4 Å². The van der Waals surface area contributed by atoms with Crippen molar-refractivity contribution in [2.24, 2.45) is 0 Å². The summed E-state index contributed by atoms with van der Waals surface area (Å²) in [6.45, 7) is -0.228. The van der Waals surface area contributed by atoms with E-state index in [0.29, 0.717) is 16.2 Å². The smallest absolute Gasteiger partial charge is 0.423 e. The SMILES string of the molecule is OCC(O)CNc1cc(B(O)O)ccc1Cl. The zero-order valence-corrected chi connectivity index (χ0v) is 9.22. The van der Waals surface area contributed by atoms with Crippen LogP contribution in [0.3, 0.4) is 0 Å². The maximum absolute atomic E-state index is 9.13. The Kier molecular flexibility index (Phi) is 5.04. The fourth-order valence-corrected chi connectivity index (χ4v) is 1.32. The molecule has 0 heterocycles. The number of halogens is 1. The summed E-state index contributed by atoms with van der Waals surface area (Å²) in [7, 11) is -1.57. The third kappa shape index (κ3) is 3.66. The molecule has 1 unspecified atom stereocenters. The van der Waals surface area contributed by atoms with Crippen molar-refractivity contribution < 1.29 is 20.3 Å². The molecule has 88 valence electrons. The maximum atomic E-state index is 9.13. The molecule has 1 aromatic carbocycles. The van der Waals surface area contributed by atoms with Crippen LogP contribution >= 0.6 is 11.6 Å². The lowest BCUT2D eigenvalue weighted by Gasteiger charge is -2.12. The van der Waals surface area contributed by atoms with Gasteiger partial charge in [0.1, 0.15) is 0 Å². The van der Waals surface area contributed by atoms with Crippen molar-refractivity contribution in [1.82, 2.24) is 0 Å². The second kappa shape index (κ2) is 6.07. The third-order valence-electron chi connectivity index (χ3n) is 2.03. The van der Waals surface area contributed by atoms with Gasteiger partial charge in [0.2, 0.25) is 0 Å². The summed E-state index contributed by atoms with van der Waals surface area (Å²) in [6, 6.07) is 4.47. The molecule has 0 aliphatic heterocycles. The minimum Gasteiger partial charge on any atom is -0.423 e. The average Bonchev–Trinajstić information content (AvgIpc) is 2.27. The van der Waals surface area contributed by atoms with Gasteiger partial charge in [0, 0.05) is 6.54 Å². The molecule has 0 aliphatic rings. The Morgan fingerprint density at radius 3 is 2.62 bits per heavy atom. The molecular formula is C9H13BClNO4. The van der Waals surface area contributed by atoms with Crippen molar-refractivity contribution in [3.63, 3.8) is 0 Å². The lowest BCUT2D eigenvalue weighted by Crippen LogP contribution is -2.30. The van der Waals surface area contributed by atoms with Gasteiger partial charge in [-0.2, -0.15) is 0 Å². The van der Waals surface area contributed by atoms with E-state index >= 15 is 0 Å². The third-order valence-corrected chi connectivity index (χ3v) is 2.36. The molecule has 1 atom stereocenters. The first-order valence-electron chi connectivity index (χ1n) is 4.73. The van der Waals surface area contributed by atoms with E-state index in [-0.39, 0.29) is 13.2 Å². The van der Waals surface area contributed by atoms with Crippen LogP contribution in [-0.4, -0.2) is 46.6 Å². The average molecular weight is 245 g/mol. The van der Waals surface area contributed by atoms with Gasteiger partial charge in [-0.05, 0) is 17.6 Å². The fourth-order valence-electron chi connectivity index (χ4n) is 1.13. The Bertz CT molecular complexity index is 350. The predicted octanol–water partition coefficient (Wildman–Crippen LogP) is -1.22. The quantitative estimate of drug-likeness (QED) is 0.420. The Balaban J connectivity index is 2.74. The minimum atomic E-state index is -1.57. The summed E-state index contributed by atoms with van der Waals surface area (Å²) >= 11 is 5.86. The van der Waals surface area contributed by atoms with E-state index in [1.54, 1.807) is 0 Å². The van der Waals surface area contributed by atoms with Crippen LogP contribution in [0.2, 0.25) is 5.02 Å². The van der Waals surface area contributed by atoms with Crippen molar-refractivity contribution in [2.75, 3.05) is 18.5 Å². The largest absolute Gasteiger partial charge is 0.488 e. The molecule has 0 amide bonds. The predicted molar refractivity (Wildman–Crippen MR) is 62.9 cm³/mol. The molecule has 16 heavy (non-hydrogen) atoms. The van der Waals surface area contributed by atoms with Crippen LogP contribution in [0, 0.1) is 0 Å². The first kappa shape index (κ1) is 13.3. The zero-order valence-electron chi connectivity index (χ0n) is 8.47. The number of anilines is 1. The molecule has 0 aliphatic carbocycles. The molecule has 0 radical (unpaired) electrons. The molecule has 7 heteroatoms. The summed E-state index contributed by atoms with van der Waals surface area (Å²) < 4.78 is 0. The van der Waals surface area contributed by atoms with Crippen molar-refractivity contribution in [2.45, 2.75) is 6.10 Å². The number of aliphatic hydroxyl groups is 2. The molecule has 0 spiro atoms. The van der Waals surface area contributed by atoms with Crippen LogP contribution in [0.4, 0.5) is 5.69 Å². The number of hydrogen-bond acceptors (Lipinski definition) is 5. The van der Waals surface area contributed by atoms with Crippen molar-refractivity contribution in [1.29, 1.82) is 0 Å². The van der Waals surface area contributed by atoms with E-state index in [9.17, 15) is 0 Å².